The van der Waals surface area contributed by atoms with Crippen LogP contribution in [0.2, 0.25) is 0 Å². The normalized spacial score (nSPS) is 22.4. The molecule has 1 saturated heterocycles. The van der Waals surface area contributed by atoms with Gasteiger partial charge in [0.15, 0.2) is 0 Å². The number of aromatic nitrogens is 1. The van der Waals surface area contributed by atoms with Crippen LogP contribution >= 0.6 is 0 Å². The van der Waals surface area contributed by atoms with Gasteiger partial charge in [-0.3, -0.25) is 0 Å². The van der Waals surface area contributed by atoms with E-state index >= 15 is 0 Å². The van der Waals surface area contributed by atoms with Crippen molar-refractivity contribution in [3.63, 3.8) is 0 Å². The summed E-state index contributed by atoms with van der Waals surface area (Å²) in [6.45, 7) is 1.55. The number of nitrogens with one attached hydrogen (secondary N) is 1. The van der Waals surface area contributed by atoms with E-state index in [9.17, 15) is 0 Å². The van der Waals surface area contributed by atoms with Crippen LogP contribution in [-0.2, 0) is 11.3 Å². The van der Waals surface area contributed by atoms with Crippen molar-refractivity contribution in [3.8, 4) is 0 Å². The van der Waals surface area contributed by atoms with E-state index in [2.05, 4.69) is 10.3 Å². The van der Waals surface area contributed by atoms with E-state index in [1.165, 1.54) is 0 Å². The van der Waals surface area contributed by atoms with Gasteiger partial charge in [-0.05, 0) is 19.9 Å². The summed E-state index contributed by atoms with van der Waals surface area (Å²) < 4.78 is 11.0. The zero-order valence-electron chi connectivity index (χ0n) is 7.75. The number of hydrogen-bond donors (Lipinski definition) is 1. The van der Waals surface area contributed by atoms with Gasteiger partial charge in [0, 0.05) is 6.61 Å². The molecule has 0 amide bonds. The Morgan fingerprint density at radius 3 is 3.31 bits per heavy atom. The molecule has 1 atom stereocenters. The molecule has 13 heavy (non-hydrogen) atoms. The average molecular weight is 182 g/mol. The molecule has 1 aromatic heterocycles. The summed E-state index contributed by atoms with van der Waals surface area (Å²) >= 11 is 0. The zero-order chi connectivity index (χ0) is 9.10. The third kappa shape index (κ3) is 1.89. The molecule has 0 spiro atoms. The highest BCUT2D eigenvalue weighted by Crippen LogP contribution is 2.27. The first-order valence-corrected chi connectivity index (χ1v) is 4.61. The molecule has 1 aliphatic rings. The van der Waals surface area contributed by atoms with Crippen molar-refractivity contribution in [2.45, 2.75) is 25.5 Å². The van der Waals surface area contributed by atoms with Gasteiger partial charge in [0.25, 0.3) is 0 Å². The third-order valence-corrected chi connectivity index (χ3v) is 2.13. The second-order valence-corrected chi connectivity index (χ2v) is 3.20. The minimum Gasteiger partial charge on any atom is -0.442 e. The molecule has 4 nitrogen and oxygen atoms in total. The number of rotatable bonds is 3. The maximum atomic E-state index is 5.51. The summed E-state index contributed by atoms with van der Waals surface area (Å²) in [5.41, 5.74) is 0. The van der Waals surface area contributed by atoms with Crippen molar-refractivity contribution < 1.29 is 9.15 Å². The molecular formula is C9H14N2O2. The lowest BCUT2D eigenvalue weighted by atomic mass is 10.2. The first kappa shape index (κ1) is 8.72. The summed E-state index contributed by atoms with van der Waals surface area (Å²) in [5, 5.41) is 3.01. The van der Waals surface area contributed by atoms with Gasteiger partial charge in [0.2, 0.25) is 5.89 Å². The van der Waals surface area contributed by atoms with Crippen molar-refractivity contribution in [1.82, 2.24) is 10.3 Å². The number of nitrogens with zero attached hydrogens (tertiary/aromatic N) is 1. The fourth-order valence-electron chi connectivity index (χ4n) is 1.50. The molecule has 1 aliphatic heterocycles. The van der Waals surface area contributed by atoms with Crippen LogP contribution in [0.15, 0.2) is 10.6 Å². The van der Waals surface area contributed by atoms with Crippen LogP contribution in [0.3, 0.4) is 0 Å². The van der Waals surface area contributed by atoms with E-state index in [0.717, 1.165) is 37.6 Å². The molecule has 2 heterocycles. The Bertz CT molecular complexity index is 266. The molecule has 0 radical (unpaired) electrons. The minimum atomic E-state index is 0.0885. The van der Waals surface area contributed by atoms with Crippen molar-refractivity contribution in [2.75, 3.05) is 13.7 Å². The summed E-state index contributed by atoms with van der Waals surface area (Å²) in [5.74, 6) is 1.59. The molecule has 72 valence electrons. The molecule has 1 fully saturated rings. The van der Waals surface area contributed by atoms with E-state index in [1.54, 1.807) is 6.20 Å². The van der Waals surface area contributed by atoms with E-state index < -0.39 is 0 Å². The Kier molecular flexibility index (Phi) is 2.61. The van der Waals surface area contributed by atoms with Crippen LogP contribution in [0.1, 0.15) is 30.6 Å². The van der Waals surface area contributed by atoms with Crippen molar-refractivity contribution >= 4 is 0 Å². The largest absolute Gasteiger partial charge is 0.442 e. The molecule has 1 N–H and O–H groups in total. The highest BCUT2D eigenvalue weighted by Gasteiger charge is 2.22. The van der Waals surface area contributed by atoms with Crippen LogP contribution in [-0.4, -0.2) is 18.6 Å². The third-order valence-electron chi connectivity index (χ3n) is 2.13. The molecule has 2 rings (SSSR count). The standard InChI is InChI=1S/C9H14N2O2/c1-10-5-7-6-11-9(13-7)8-3-2-4-12-8/h6,8,10H,2-5H2,1H3. The van der Waals surface area contributed by atoms with Gasteiger partial charge in [-0.2, -0.15) is 0 Å². The summed E-state index contributed by atoms with van der Waals surface area (Å²) in [6.07, 6.45) is 3.98. The summed E-state index contributed by atoms with van der Waals surface area (Å²) in [4.78, 5) is 4.19. The highest BCUT2D eigenvalue weighted by atomic mass is 16.5. The predicted octanol–water partition coefficient (Wildman–Crippen LogP) is 1.25. The Morgan fingerprint density at radius 1 is 1.69 bits per heavy atom. The number of ether oxygens (including phenoxy) is 1. The lowest BCUT2D eigenvalue weighted by molar-refractivity contribution is 0.0880. The average Bonchev–Trinajstić information content (AvgIpc) is 2.70. The van der Waals surface area contributed by atoms with Crippen molar-refractivity contribution in [2.24, 2.45) is 0 Å². The van der Waals surface area contributed by atoms with Gasteiger partial charge < -0.3 is 14.5 Å². The second kappa shape index (κ2) is 3.89. The van der Waals surface area contributed by atoms with Gasteiger partial charge in [-0.25, -0.2) is 4.98 Å². The minimum absolute atomic E-state index is 0.0885. The smallest absolute Gasteiger partial charge is 0.223 e. The predicted molar refractivity (Wildman–Crippen MR) is 47.2 cm³/mol. The Morgan fingerprint density at radius 2 is 2.62 bits per heavy atom. The molecule has 1 unspecified atom stereocenters. The monoisotopic (exact) mass is 182 g/mol. The maximum absolute atomic E-state index is 5.51. The van der Waals surface area contributed by atoms with Crippen LogP contribution in [0.5, 0.6) is 0 Å². The quantitative estimate of drug-likeness (QED) is 0.764. The zero-order valence-corrected chi connectivity index (χ0v) is 7.75. The van der Waals surface area contributed by atoms with E-state index in [0.29, 0.717) is 0 Å². The molecule has 1 aromatic rings. The lowest BCUT2D eigenvalue weighted by Gasteiger charge is -2.02. The van der Waals surface area contributed by atoms with E-state index in [4.69, 9.17) is 9.15 Å². The van der Waals surface area contributed by atoms with Crippen LogP contribution in [0.25, 0.3) is 0 Å². The molecule has 0 saturated carbocycles. The second-order valence-electron chi connectivity index (χ2n) is 3.20. The molecular weight excluding hydrogens is 168 g/mol. The van der Waals surface area contributed by atoms with Gasteiger partial charge >= 0.3 is 0 Å². The topological polar surface area (TPSA) is 47.3 Å². The van der Waals surface area contributed by atoms with Crippen LogP contribution in [0.4, 0.5) is 0 Å². The summed E-state index contributed by atoms with van der Waals surface area (Å²) in [6, 6.07) is 0. The van der Waals surface area contributed by atoms with Crippen molar-refractivity contribution in [3.05, 3.63) is 17.8 Å². The number of hydrogen-bond acceptors (Lipinski definition) is 4. The number of oxazole rings is 1. The van der Waals surface area contributed by atoms with E-state index in [-0.39, 0.29) is 6.10 Å². The summed E-state index contributed by atoms with van der Waals surface area (Å²) in [7, 11) is 1.88. The van der Waals surface area contributed by atoms with Crippen molar-refractivity contribution in [1.29, 1.82) is 0 Å². The molecule has 0 aromatic carbocycles. The molecule has 0 bridgehead atoms. The van der Waals surface area contributed by atoms with E-state index in [1.807, 2.05) is 7.05 Å². The maximum Gasteiger partial charge on any atom is 0.223 e. The Labute approximate surface area is 77.3 Å². The SMILES string of the molecule is CNCc1cnc(C2CCCO2)o1. The van der Waals surface area contributed by atoms with Crippen LogP contribution in [0, 0.1) is 0 Å². The highest BCUT2D eigenvalue weighted by molar-refractivity contribution is 4.97. The first-order chi connectivity index (χ1) is 6.40. The van der Waals surface area contributed by atoms with Gasteiger partial charge in [-0.1, -0.05) is 0 Å². The van der Waals surface area contributed by atoms with Gasteiger partial charge in [0.1, 0.15) is 11.9 Å². The lowest BCUT2D eigenvalue weighted by Crippen LogP contribution is -2.03. The first-order valence-electron chi connectivity index (χ1n) is 4.61. The van der Waals surface area contributed by atoms with Gasteiger partial charge in [0.05, 0.1) is 12.7 Å². The Balaban J connectivity index is 2.03. The fourth-order valence-corrected chi connectivity index (χ4v) is 1.50. The molecule has 4 heteroatoms. The van der Waals surface area contributed by atoms with Gasteiger partial charge in [-0.15, -0.1) is 0 Å². The Hall–Kier alpha value is -0.870. The van der Waals surface area contributed by atoms with Crippen LogP contribution < -0.4 is 5.32 Å². The molecule has 0 aliphatic carbocycles. The fraction of sp³-hybridized carbons (Fsp3) is 0.667.